The monoisotopic (exact) mass is 458 g/mol. The summed E-state index contributed by atoms with van der Waals surface area (Å²) in [5.74, 6) is -26.3. The number of aliphatic hydroxyl groups excluding tert-OH is 1. The van der Waals surface area contributed by atoms with Gasteiger partial charge < -0.3 is 14.6 Å². The van der Waals surface area contributed by atoms with E-state index in [4.69, 9.17) is 5.11 Å². The van der Waals surface area contributed by atoms with Gasteiger partial charge in [-0.05, 0) is 6.42 Å². The molecule has 0 aliphatic heterocycles. The minimum absolute atomic E-state index is 0.211. The predicted octanol–water partition coefficient (Wildman–Crippen LogP) is 5.00. The minimum Gasteiger partial charge on any atom is -0.456 e. The van der Waals surface area contributed by atoms with Crippen molar-refractivity contribution in [2.45, 2.75) is 69.1 Å². The first-order valence-corrected chi connectivity index (χ1v) is 9.22. The summed E-state index contributed by atoms with van der Waals surface area (Å²) in [5.41, 5.74) is -0.825. The van der Waals surface area contributed by atoms with Crippen LogP contribution < -0.4 is 0 Å². The Morgan fingerprint density at radius 1 is 0.833 bits per heavy atom. The summed E-state index contributed by atoms with van der Waals surface area (Å²) in [6, 6.07) is 0. The lowest BCUT2D eigenvalue weighted by Crippen LogP contribution is -2.64. The summed E-state index contributed by atoms with van der Waals surface area (Å²) in [5, 5.41) is 8.54. The molecular formula is C18H26F8O4. The van der Waals surface area contributed by atoms with Gasteiger partial charge in [-0.2, -0.15) is 35.1 Å². The van der Waals surface area contributed by atoms with Gasteiger partial charge in [0.15, 0.2) is 6.61 Å². The van der Waals surface area contributed by atoms with Crippen molar-refractivity contribution in [3.63, 3.8) is 0 Å². The Morgan fingerprint density at radius 2 is 1.30 bits per heavy atom. The quantitative estimate of drug-likeness (QED) is 0.153. The largest absolute Gasteiger partial charge is 0.456 e. The van der Waals surface area contributed by atoms with E-state index in [1.807, 2.05) is 6.92 Å². The van der Waals surface area contributed by atoms with Crippen LogP contribution >= 0.6 is 0 Å². The van der Waals surface area contributed by atoms with Crippen molar-refractivity contribution in [3.05, 3.63) is 12.2 Å². The molecule has 0 unspecified atom stereocenters. The molecule has 178 valence electrons. The molecule has 0 aromatic heterocycles. The molecule has 4 nitrogen and oxygen atoms in total. The van der Waals surface area contributed by atoms with E-state index >= 15 is 0 Å². The number of carbonyl (C=O) groups is 1. The lowest BCUT2D eigenvalue weighted by molar-refractivity contribution is -0.375. The molecule has 0 aliphatic carbocycles. The molecule has 30 heavy (non-hydrogen) atoms. The van der Waals surface area contributed by atoms with Gasteiger partial charge >= 0.3 is 29.7 Å². The molecule has 0 saturated heterocycles. The fourth-order valence-electron chi connectivity index (χ4n) is 2.15. The van der Waals surface area contributed by atoms with Crippen molar-refractivity contribution in [1.82, 2.24) is 0 Å². The van der Waals surface area contributed by atoms with Gasteiger partial charge in [0, 0.05) is 6.61 Å². The summed E-state index contributed by atoms with van der Waals surface area (Å²) < 4.78 is 117. The van der Waals surface area contributed by atoms with Crippen molar-refractivity contribution in [3.8, 4) is 0 Å². The van der Waals surface area contributed by atoms with Gasteiger partial charge in [0.25, 0.3) is 0 Å². The summed E-state index contributed by atoms with van der Waals surface area (Å²) in [6.07, 6.45) is 4.30. The van der Waals surface area contributed by atoms with E-state index in [2.05, 4.69) is 16.1 Å². The normalized spacial score (nSPS) is 13.4. The first kappa shape index (κ1) is 28.6. The number of carbonyl (C=O) groups excluding carboxylic acids is 1. The fourth-order valence-corrected chi connectivity index (χ4v) is 2.15. The number of halogens is 8. The van der Waals surface area contributed by atoms with Crippen LogP contribution in [0.3, 0.4) is 0 Å². The summed E-state index contributed by atoms with van der Waals surface area (Å²) in [4.78, 5) is 11.1. The van der Waals surface area contributed by atoms with Crippen LogP contribution in [-0.2, 0) is 14.3 Å². The van der Waals surface area contributed by atoms with Gasteiger partial charge in [0.1, 0.15) is 6.61 Å². The molecule has 0 amide bonds. The first-order chi connectivity index (χ1) is 13.7. The number of alkyl halides is 8. The number of unbranched alkanes of at least 4 members (excludes halogenated alkanes) is 5. The number of hydrogen-bond donors (Lipinski definition) is 1. The molecule has 0 fully saturated rings. The number of esters is 1. The Bertz CT molecular complexity index is 552. The SMILES string of the molecule is C=C(CO)C(=O)OCC(F)(F)C(F)(F)C(F)(F)C(F)(F)COCCCCCCCC. The van der Waals surface area contributed by atoms with Gasteiger partial charge in [0.2, 0.25) is 0 Å². The Hall–Kier alpha value is -1.43. The highest BCUT2D eigenvalue weighted by molar-refractivity contribution is 5.87. The highest BCUT2D eigenvalue weighted by Gasteiger charge is 2.80. The van der Waals surface area contributed by atoms with E-state index in [9.17, 15) is 39.9 Å². The molecule has 0 saturated carbocycles. The zero-order chi connectivity index (χ0) is 23.6. The Kier molecular flexibility index (Phi) is 11.3. The molecular weight excluding hydrogens is 432 g/mol. The Balaban J connectivity index is 4.90. The van der Waals surface area contributed by atoms with Crippen LogP contribution in [-0.4, -0.2) is 61.2 Å². The van der Waals surface area contributed by atoms with Crippen LogP contribution in [0.5, 0.6) is 0 Å². The highest BCUT2D eigenvalue weighted by Crippen LogP contribution is 2.52. The second kappa shape index (κ2) is 11.8. The average Bonchev–Trinajstić information content (AvgIpc) is 2.66. The Labute approximate surface area is 169 Å². The van der Waals surface area contributed by atoms with E-state index in [1.165, 1.54) is 0 Å². The fraction of sp³-hybridized carbons (Fsp3) is 0.833. The molecule has 0 atom stereocenters. The molecule has 0 aromatic carbocycles. The van der Waals surface area contributed by atoms with E-state index in [0.29, 0.717) is 6.42 Å². The highest BCUT2D eigenvalue weighted by atomic mass is 19.4. The maximum Gasteiger partial charge on any atom is 0.381 e. The second-order valence-electron chi connectivity index (χ2n) is 6.72. The molecule has 0 spiro atoms. The number of ether oxygens (including phenoxy) is 2. The van der Waals surface area contributed by atoms with Crippen LogP contribution in [0.1, 0.15) is 45.4 Å². The summed E-state index contributed by atoms with van der Waals surface area (Å²) in [7, 11) is 0. The number of rotatable bonds is 16. The molecule has 0 radical (unpaired) electrons. The summed E-state index contributed by atoms with van der Waals surface area (Å²) in [6.45, 7) is -1.50. The molecule has 0 rings (SSSR count). The van der Waals surface area contributed by atoms with Gasteiger partial charge in [-0.15, -0.1) is 0 Å². The van der Waals surface area contributed by atoms with Crippen LogP contribution in [0.4, 0.5) is 35.1 Å². The maximum atomic E-state index is 13.7. The molecule has 0 heterocycles. The van der Waals surface area contributed by atoms with Gasteiger partial charge in [-0.3, -0.25) is 0 Å². The van der Waals surface area contributed by atoms with Crippen molar-refractivity contribution in [2.24, 2.45) is 0 Å². The van der Waals surface area contributed by atoms with Crippen molar-refractivity contribution < 1.29 is 54.5 Å². The van der Waals surface area contributed by atoms with Gasteiger partial charge in [0.05, 0.1) is 12.2 Å². The number of aliphatic hydroxyl groups is 1. The lowest BCUT2D eigenvalue weighted by Gasteiger charge is -2.36. The molecule has 0 aromatic rings. The maximum absolute atomic E-state index is 13.7. The molecule has 0 bridgehead atoms. The molecule has 12 heteroatoms. The third-order valence-electron chi connectivity index (χ3n) is 4.10. The van der Waals surface area contributed by atoms with Crippen molar-refractivity contribution in [2.75, 3.05) is 26.4 Å². The van der Waals surface area contributed by atoms with Crippen molar-refractivity contribution in [1.29, 1.82) is 0 Å². The predicted molar refractivity (Wildman–Crippen MR) is 91.2 cm³/mol. The first-order valence-electron chi connectivity index (χ1n) is 9.22. The van der Waals surface area contributed by atoms with Crippen LogP contribution in [0.15, 0.2) is 12.2 Å². The van der Waals surface area contributed by atoms with Crippen LogP contribution in [0.25, 0.3) is 0 Å². The van der Waals surface area contributed by atoms with E-state index < -0.39 is 61.7 Å². The zero-order valence-electron chi connectivity index (χ0n) is 16.5. The lowest BCUT2D eigenvalue weighted by atomic mass is 9.99. The van der Waals surface area contributed by atoms with Crippen LogP contribution in [0, 0.1) is 0 Å². The van der Waals surface area contributed by atoms with Crippen molar-refractivity contribution >= 4 is 5.97 Å². The topological polar surface area (TPSA) is 55.8 Å². The smallest absolute Gasteiger partial charge is 0.381 e. The van der Waals surface area contributed by atoms with E-state index in [0.717, 1.165) is 25.7 Å². The molecule has 1 N–H and O–H groups in total. The standard InChI is InChI=1S/C18H26F8O4/c1-3-4-5-6-7-8-9-29-11-15(19,20)17(23,24)18(25,26)16(21,22)12-30-14(28)13(2)10-27/h27H,2-12H2,1H3. The Morgan fingerprint density at radius 3 is 1.80 bits per heavy atom. The zero-order valence-corrected chi connectivity index (χ0v) is 16.5. The third-order valence-corrected chi connectivity index (χ3v) is 4.10. The van der Waals surface area contributed by atoms with E-state index in [1.54, 1.807) is 0 Å². The van der Waals surface area contributed by atoms with E-state index in [-0.39, 0.29) is 6.42 Å². The van der Waals surface area contributed by atoms with Gasteiger partial charge in [-0.1, -0.05) is 45.6 Å². The number of hydrogen-bond acceptors (Lipinski definition) is 4. The third kappa shape index (κ3) is 7.36. The second-order valence-corrected chi connectivity index (χ2v) is 6.72. The van der Waals surface area contributed by atoms with Crippen LogP contribution in [0.2, 0.25) is 0 Å². The summed E-state index contributed by atoms with van der Waals surface area (Å²) >= 11 is 0. The molecule has 0 aliphatic rings. The minimum atomic E-state index is -6.58. The average molecular weight is 458 g/mol. The van der Waals surface area contributed by atoms with Gasteiger partial charge in [-0.25, -0.2) is 4.79 Å².